The molecule has 5 nitrogen and oxygen atoms in total. The van der Waals surface area contributed by atoms with Gasteiger partial charge in [0.2, 0.25) is 0 Å². The van der Waals surface area contributed by atoms with Gasteiger partial charge < -0.3 is 4.98 Å². The van der Waals surface area contributed by atoms with Gasteiger partial charge in [-0.15, -0.1) is 0 Å². The van der Waals surface area contributed by atoms with Crippen molar-refractivity contribution in [2.24, 2.45) is 5.92 Å². The maximum Gasteiger partial charge on any atom is 0.296 e. The minimum atomic E-state index is -3.76. The van der Waals surface area contributed by atoms with Crippen LogP contribution in [0.4, 0.5) is 0 Å². The van der Waals surface area contributed by atoms with E-state index in [2.05, 4.69) is 47.4 Å². The number of aryl methyl sites for hydroxylation is 1. The highest BCUT2D eigenvalue weighted by Crippen LogP contribution is 2.40. The fourth-order valence-electron chi connectivity index (χ4n) is 4.60. The number of nitrogens with zero attached hydrogens (tertiary/aromatic N) is 1. The summed E-state index contributed by atoms with van der Waals surface area (Å²) in [4.78, 5) is 5.89. The summed E-state index contributed by atoms with van der Waals surface area (Å²) in [7, 11) is -1.65. The van der Waals surface area contributed by atoms with Crippen molar-refractivity contribution >= 4 is 26.6 Å². The minimum absolute atomic E-state index is 0.0159. The molecule has 0 spiro atoms. The molecule has 0 fully saturated rings. The van der Waals surface area contributed by atoms with Crippen molar-refractivity contribution in [2.75, 3.05) is 20.2 Å². The minimum Gasteiger partial charge on any atom is -0.361 e. The fraction of sp³-hybridized carbons (Fsp3) is 0.304. The molecular weight excluding hydrogens is 384 g/mol. The van der Waals surface area contributed by atoms with Gasteiger partial charge in [-0.25, -0.2) is 0 Å². The summed E-state index contributed by atoms with van der Waals surface area (Å²) in [6, 6.07) is 13.4. The van der Waals surface area contributed by atoms with E-state index in [0.717, 1.165) is 24.0 Å². The van der Waals surface area contributed by atoms with Crippen LogP contribution in [0.1, 0.15) is 16.7 Å². The average Bonchev–Trinajstić information content (AvgIpc) is 3.12. The van der Waals surface area contributed by atoms with Crippen LogP contribution in [-0.2, 0) is 20.7 Å². The molecule has 5 rings (SSSR count). The normalized spacial score (nSPS) is 21.8. The van der Waals surface area contributed by atoms with E-state index in [9.17, 15) is 8.42 Å². The summed E-state index contributed by atoms with van der Waals surface area (Å²) in [6.45, 7) is 2.85. The lowest BCUT2D eigenvalue weighted by Crippen LogP contribution is -2.43. The molecule has 2 atom stereocenters. The molecule has 0 bridgehead atoms. The number of aromatic amines is 1. The second-order valence-electron chi connectivity index (χ2n) is 8.14. The molecule has 29 heavy (non-hydrogen) atoms. The van der Waals surface area contributed by atoms with E-state index in [-0.39, 0.29) is 17.4 Å². The van der Waals surface area contributed by atoms with Crippen molar-refractivity contribution in [3.63, 3.8) is 0 Å². The Bertz CT molecular complexity index is 1210. The summed E-state index contributed by atoms with van der Waals surface area (Å²) in [5, 5.41) is 1.29. The molecule has 3 aromatic rings. The summed E-state index contributed by atoms with van der Waals surface area (Å²) < 4.78 is 30.6. The number of H-pyrrole nitrogens is 1. The van der Waals surface area contributed by atoms with Crippen LogP contribution in [-0.4, -0.2) is 44.5 Å². The van der Waals surface area contributed by atoms with E-state index in [4.69, 9.17) is 4.18 Å². The van der Waals surface area contributed by atoms with Crippen molar-refractivity contribution in [1.29, 1.82) is 0 Å². The van der Waals surface area contributed by atoms with Crippen molar-refractivity contribution in [2.45, 2.75) is 24.3 Å². The number of hydrogen-bond donors (Lipinski definition) is 1. The first-order valence-electron chi connectivity index (χ1n) is 9.90. The highest BCUT2D eigenvalue weighted by atomic mass is 32.2. The van der Waals surface area contributed by atoms with Crippen LogP contribution in [0.25, 0.3) is 16.5 Å². The van der Waals surface area contributed by atoms with E-state index in [0.29, 0.717) is 6.04 Å². The van der Waals surface area contributed by atoms with Gasteiger partial charge in [0.1, 0.15) is 0 Å². The number of aromatic nitrogens is 1. The van der Waals surface area contributed by atoms with E-state index < -0.39 is 10.1 Å². The van der Waals surface area contributed by atoms with E-state index >= 15 is 0 Å². The van der Waals surface area contributed by atoms with Gasteiger partial charge in [-0.2, -0.15) is 8.42 Å². The average molecular weight is 409 g/mol. The summed E-state index contributed by atoms with van der Waals surface area (Å²) in [5.41, 5.74) is 6.04. The fourth-order valence-corrected chi connectivity index (χ4v) is 5.56. The molecule has 1 aliphatic carbocycles. The molecule has 0 unspecified atom stereocenters. The van der Waals surface area contributed by atoms with Gasteiger partial charge >= 0.3 is 0 Å². The number of likely N-dealkylation sites (N-methyl/N-ethyl adjacent to an activating group) is 1. The van der Waals surface area contributed by atoms with E-state index in [1.54, 1.807) is 24.3 Å². The first kappa shape index (κ1) is 18.6. The maximum absolute atomic E-state index is 12.6. The zero-order chi connectivity index (χ0) is 20.2. The molecule has 1 aromatic heterocycles. The van der Waals surface area contributed by atoms with Crippen molar-refractivity contribution in [3.05, 3.63) is 71.4 Å². The Balaban J connectivity index is 1.43. The number of hydrogen-bond acceptors (Lipinski definition) is 4. The lowest BCUT2D eigenvalue weighted by atomic mass is 9.80. The predicted octanol–water partition coefficient (Wildman–Crippen LogP) is 3.75. The second kappa shape index (κ2) is 6.83. The third-order valence-corrected chi connectivity index (χ3v) is 7.38. The molecule has 0 saturated carbocycles. The molecule has 1 aliphatic heterocycles. The van der Waals surface area contributed by atoms with Gasteiger partial charge in [-0.05, 0) is 55.3 Å². The van der Waals surface area contributed by atoms with Gasteiger partial charge in [0.05, 0.1) is 11.5 Å². The molecule has 0 radical (unpaired) electrons. The molecule has 2 aromatic carbocycles. The van der Waals surface area contributed by atoms with Gasteiger partial charge in [-0.3, -0.25) is 9.08 Å². The summed E-state index contributed by atoms with van der Waals surface area (Å²) >= 11 is 0. The topological polar surface area (TPSA) is 62.4 Å². The van der Waals surface area contributed by atoms with Crippen LogP contribution >= 0.6 is 0 Å². The zero-order valence-corrected chi connectivity index (χ0v) is 17.4. The second-order valence-corrected chi connectivity index (χ2v) is 9.75. The molecule has 1 N–H and O–H groups in total. The zero-order valence-electron chi connectivity index (χ0n) is 16.6. The Morgan fingerprint density at radius 3 is 2.76 bits per heavy atom. The van der Waals surface area contributed by atoms with Crippen molar-refractivity contribution in [3.8, 4) is 0 Å². The van der Waals surface area contributed by atoms with Crippen LogP contribution in [0.5, 0.6) is 0 Å². The monoisotopic (exact) mass is 408 g/mol. The Kier molecular flexibility index (Phi) is 4.38. The van der Waals surface area contributed by atoms with E-state index in [1.165, 1.54) is 22.1 Å². The van der Waals surface area contributed by atoms with Crippen LogP contribution < -0.4 is 0 Å². The van der Waals surface area contributed by atoms with Crippen LogP contribution in [0, 0.1) is 12.8 Å². The largest absolute Gasteiger partial charge is 0.361 e. The lowest BCUT2D eigenvalue weighted by Gasteiger charge is -2.39. The number of benzene rings is 2. The highest BCUT2D eigenvalue weighted by molar-refractivity contribution is 7.86. The smallest absolute Gasteiger partial charge is 0.296 e. The third kappa shape index (κ3) is 3.21. The summed E-state index contributed by atoms with van der Waals surface area (Å²) in [5.74, 6) is 0.0159. The molecule has 2 heterocycles. The number of fused-ring (bicyclic) bond motifs is 2. The van der Waals surface area contributed by atoms with Gasteiger partial charge in [0, 0.05) is 35.6 Å². The Hall–Kier alpha value is -2.41. The first-order chi connectivity index (χ1) is 13.9. The maximum atomic E-state index is 12.6. The lowest BCUT2D eigenvalue weighted by molar-refractivity contribution is 0.196. The Morgan fingerprint density at radius 1 is 1.17 bits per heavy atom. The molecule has 6 heteroatoms. The molecule has 0 saturated heterocycles. The number of nitrogens with one attached hydrogen (secondary N) is 1. The Morgan fingerprint density at radius 2 is 1.97 bits per heavy atom. The third-order valence-electron chi connectivity index (χ3n) is 6.09. The highest BCUT2D eigenvalue weighted by Gasteiger charge is 2.34. The van der Waals surface area contributed by atoms with Crippen molar-refractivity contribution < 1.29 is 12.6 Å². The van der Waals surface area contributed by atoms with Crippen LogP contribution in [0.3, 0.4) is 0 Å². The van der Waals surface area contributed by atoms with Gasteiger partial charge in [0.15, 0.2) is 0 Å². The van der Waals surface area contributed by atoms with Crippen LogP contribution in [0.2, 0.25) is 0 Å². The van der Waals surface area contributed by atoms with E-state index in [1.807, 2.05) is 6.92 Å². The quantitative estimate of drug-likeness (QED) is 0.668. The Labute approximate surface area is 171 Å². The van der Waals surface area contributed by atoms with Gasteiger partial charge in [-0.1, -0.05) is 35.9 Å². The molecular formula is C23H24N2O3S. The standard InChI is InChI=1S/C23H24N2O3S/c1-15-6-8-18(9-7-15)29(26,27)28-14-16-10-20-19-4-3-5-21-23(19)17(12-24-21)11-22(20)25(2)13-16/h3-10,12,16,22,24H,11,13-14H2,1-2H3/t16-,22-/m1/s1. The summed E-state index contributed by atoms with van der Waals surface area (Å²) in [6.07, 6.45) is 5.30. The van der Waals surface area contributed by atoms with Crippen molar-refractivity contribution in [1.82, 2.24) is 9.88 Å². The molecule has 2 aliphatic rings. The molecule has 0 amide bonds. The van der Waals surface area contributed by atoms with Crippen LogP contribution in [0.15, 0.2) is 59.6 Å². The first-order valence-corrected chi connectivity index (χ1v) is 11.3. The van der Waals surface area contributed by atoms with Gasteiger partial charge in [0.25, 0.3) is 10.1 Å². The SMILES string of the molecule is Cc1ccc(S(=O)(=O)OC[C@@H]2C=C3c4cccc5[nH]cc(c45)C[C@H]3N(C)C2)cc1. The predicted molar refractivity (Wildman–Crippen MR) is 114 cm³/mol. The number of rotatable bonds is 4. The molecule has 150 valence electrons.